The van der Waals surface area contributed by atoms with Crippen LogP contribution in [-0.2, 0) is 18.3 Å². The first-order valence-electron chi connectivity index (χ1n) is 9.65. The quantitative estimate of drug-likeness (QED) is 0.720. The molecule has 0 amide bonds. The predicted molar refractivity (Wildman–Crippen MR) is 97.9 cm³/mol. The first-order chi connectivity index (χ1) is 13.3. The van der Waals surface area contributed by atoms with Crippen LogP contribution in [0.1, 0.15) is 48.8 Å². The smallest absolute Gasteiger partial charge is 0.385 e. The van der Waals surface area contributed by atoms with Gasteiger partial charge in [0.1, 0.15) is 5.82 Å². The molecule has 2 unspecified atom stereocenters. The summed E-state index contributed by atoms with van der Waals surface area (Å²) >= 11 is 0. The maximum absolute atomic E-state index is 13.5. The molecule has 2 heterocycles. The Kier molecular flexibility index (Phi) is 4.96. The van der Waals surface area contributed by atoms with E-state index in [1.807, 2.05) is 30.3 Å². The van der Waals surface area contributed by atoms with Gasteiger partial charge in [-0.05, 0) is 48.9 Å². The van der Waals surface area contributed by atoms with E-state index in [0.717, 1.165) is 43.5 Å². The zero-order chi connectivity index (χ0) is 19.9. The van der Waals surface area contributed by atoms with Crippen molar-refractivity contribution in [2.24, 2.45) is 0 Å². The minimum Gasteiger partial charge on any atom is -0.385 e. The van der Waals surface area contributed by atoms with Gasteiger partial charge in [-0.3, -0.25) is 4.90 Å². The Balaban J connectivity index is 1.65. The average Bonchev–Trinajstić information content (AvgIpc) is 2.63. The fourth-order valence-electron chi connectivity index (χ4n) is 4.95. The second kappa shape index (κ2) is 7.16. The molecule has 1 N–H and O–H groups in total. The van der Waals surface area contributed by atoms with Crippen LogP contribution in [0.5, 0.6) is 0 Å². The van der Waals surface area contributed by atoms with Gasteiger partial charge in [-0.1, -0.05) is 42.8 Å². The maximum Gasteiger partial charge on any atom is 0.416 e. The molecule has 0 aromatic heterocycles. The lowest BCUT2D eigenvalue weighted by atomic mass is 9.71. The molecule has 150 valence electrons. The van der Waals surface area contributed by atoms with Crippen molar-refractivity contribution in [3.63, 3.8) is 0 Å². The lowest BCUT2D eigenvalue weighted by molar-refractivity contribution is -0.145. The third kappa shape index (κ3) is 3.67. The number of hydrogen-bond donors (Lipinski definition) is 1. The SMILES string of the molecule is OC1(c2ccc(F)cc2C(F)(F)F)CC2CCCC(C1)N2Cc1ccccc1. The van der Waals surface area contributed by atoms with Crippen LogP contribution >= 0.6 is 0 Å². The summed E-state index contributed by atoms with van der Waals surface area (Å²) in [5.74, 6) is -0.943. The van der Waals surface area contributed by atoms with E-state index in [1.54, 1.807) is 0 Å². The Labute approximate surface area is 161 Å². The number of aliphatic hydroxyl groups is 1. The van der Waals surface area contributed by atoms with Crippen LogP contribution in [-0.4, -0.2) is 22.1 Å². The number of rotatable bonds is 3. The van der Waals surface area contributed by atoms with Crippen molar-refractivity contribution in [3.8, 4) is 0 Å². The molecular weight excluding hydrogens is 370 g/mol. The van der Waals surface area contributed by atoms with Crippen molar-refractivity contribution >= 4 is 0 Å². The average molecular weight is 393 g/mol. The molecule has 2 aromatic carbocycles. The van der Waals surface area contributed by atoms with E-state index in [2.05, 4.69) is 4.90 Å². The molecule has 2 nitrogen and oxygen atoms in total. The summed E-state index contributed by atoms with van der Waals surface area (Å²) in [6.07, 6.45) is -1.56. The highest BCUT2D eigenvalue weighted by Gasteiger charge is 2.49. The van der Waals surface area contributed by atoms with Crippen molar-refractivity contribution in [2.75, 3.05) is 0 Å². The number of hydrogen-bond acceptors (Lipinski definition) is 2. The molecule has 2 atom stereocenters. The van der Waals surface area contributed by atoms with Gasteiger partial charge in [-0.25, -0.2) is 4.39 Å². The lowest BCUT2D eigenvalue weighted by Gasteiger charge is -2.52. The standard InChI is InChI=1S/C22H23F4NO/c23-16-9-10-19(20(11-16)22(24,25)26)21(28)12-17-7-4-8-18(13-21)27(17)14-15-5-2-1-3-6-15/h1-3,5-6,9-11,17-18,28H,4,7-8,12-14H2. The van der Waals surface area contributed by atoms with Crippen LogP contribution in [0.4, 0.5) is 17.6 Å². The summed E-state index contributed by atoms with van der Waals surface area (Å²) in [7, 11) is 0. The summed E-state index contributed by atoms with van der Waals surface area (Å²) in [5.41, 5.74) is -1.70. The van der Waals surface area contributed by atoms with Crippen molar-refractivity contribution in [1.29, 1.82) is 0 Å². The number of halogens is 4. The maximum atomic E-state index is 13.5. The van der Waals surface area contributed by atoms with Crippen molar-refractivity contribution < 1.29 is 22.7 Å². The molecule has 2 bridgehead atoms. The molecular formula is C22H23F4NO. The van der Waals surface area contributed by atoms with E-state index in [0.29, 0.717) is 6.07 Å². The van der Waals surface area contributed by atoms with Gasteiger partial charge in [-0.2, -0.15) is 13.2 Å². The fourth-order valence-corrected chi connectivity index (χ4v) is 4.95. The summed E-state index contributed by atoms with van der Waals surface area (Å²) in [6.45, 7) is 0.724. The minimum absolute atomic E-state index is 0.00356. The van der Waals surface area contributed by atoms with Crippen LogP contribution in [0.2, 0.25) is 0 Å². The normalized spacial score (nSPS) is 28.3. The summed E-state index contributed by atoms with van der Waals surface area (Å²) in [6, 6.07) is 12.6. The van der Waals surface area contributed by atoms with Crippen LogP contribution in [0.15, 0.2) is 48.5 Å². The van der Waals surface area contributed by atoms with Crippen molar-refractivity contribution in [1.82, 2.24) is 4.90 Å². The second-order valence-electron chi connectivity index (χ2n) is 8.02. The summed E-state index contributed by atoms with van der Waals surface area (Å²) in [5, 5.41) is 11.3. The van der Waals surface area contributed by atoms with E-state index in [1.165, 1.54) is 0 Å². The minimum atomic E-state index is -4.70. The van der Waals surface area contributed by atoms with Crippen LogP contribution < -0.4 is 0 Å². The number of benzene rings is 2. The molecule has 2 fully saturated rings. The van der Waals surface area contributed by atoms with Gasteiger partial charge in [0, 0.05) is 18.6 Å². The largest absolute Gasteiger partial charge is 0.416 e. The molecule has 0 saturated carbocycles. The molecule has 0 spiro atoms. The first kappa shape index (κ1) is 19.4. The predicted octanol–water partition coefficient (Wildman–Crippen LogP) is 5.25. The van der Waals surface area contributed by atoms with E-state index < -0.39 is 23.2 Å². The Morgan fingerprint density at radius 3 is 2.25 bits per heavy atom. The van der Waals surface area contributed by atoms with E-state index in [-0.39, 0.29) is 30.5 Å². The van der Waals surface area contributed by atoms with E-state index in [4.69, 9.17) is 0 Å². The van der Waals surface area contributed by atoms with Crippen LogP contribution in [0, 0.1) is 5.82 Å². The van der Waals surface area contributed by atoms with Crippen molar-refractivity contribution in [3.05, 3.63) is 71.0 Å². The van der Waals surface area contributed by atoms with Gasteiger partial charge in [0.05, 0.1) is 11.2 Å². The zero-order valence-electron chi connectivity index (χ0n) is 15.4. The molecule has 2 aromatic rings. The highest BCUT2D eigenvalue weighted by Crippen LogP contribution is 2.48. The van der Waals surface area contributed by atoms with Gasteiger partial charge in [-0.15, -0.1) is 0 Å². The number of nitrogens with zero attached hydrogens (tertiary/aromatic N) is 1. The Hall–Kier alpha value is -1.92. The number of fused-ring (bicyclic) bond motifs is 2. The van der Waals surface area contributed by atoms with Gasteiger partial charge in [0.25, 0.3) is 0 Å². The molecule has 0 aliphatic carbocycles. The molecule has 28 heavy (non-hydrogen) atoms. The van der Waals surface area contributed by atoms with Gasteiger partial charge < -0.3 is 5.11 Å². The summed E-state index contributed by atoms with van der Waals surface area (Å²) in [4.78, 5) is 2.32. The van der Waals surface area contributed by atoms with Crippen molar-refractivity contribution in [2.45, 2.75) is 62.5 Å². The molecule has 2 aliphatic heterocycles. The van der Waals surface area contributed by atoms with Gasteiger partial charge in [0.15, 0.2) is 0 Å². The summed E-state index contributed by atoms with van der Waals surface area (Å²) < 4.78 is 54.1. The Morgan fingerprint density at radius 2 is 1.64 bits per heavy atom. The van der Waals surface area contributed by atoms with E-state index >= 15 is 0 Å². The Morgan fingerprint density at radius 1 is 1.00 bits per heavy atom. The first-order valence-corrected chi connectivity index (χ1v) is 9.65. The third-order valence-electron chi connectivity index (χ3n) is 6.16. The molecule has 4 rings (SSSR count). The highest BCUT2D eigenvalue weighted by atomic mass is 19.4. The Bertz CT molecular complexity index is 822. The zero-order valence-corrected chi connectivity index (χ0v) is 15.4. The third-order valence-corrected chi connectivity index (χ3v) is 6.16. The molecule has 2 aliphatic rings. The van der Waals surface area contributed by atoms with Crippen LogP contribution in [0.3, 0.4) is 0 Å². The molecule has 0 radical (unpaired) electrons. The number of piperidine rings is 2. The monoisotopic (exact) mass is 393 g/mol. The van der Waals surface area contributed by atoms with Gasteiger partial charge >= 0.3 is 6.18 Å². The van der Waals surface area contributed by atoms with Gasteiger partial charge in [0.2, 0.25) is 0 Å². The molecule has 6 heteroatoms. The lowest BCUT2D eigenvalue weighted by Crippen LogP contribution is -2.56. The fraction of sp³-hybridized carbons (Fsp3) is 0.455. The van der Waals surface area contributed by atoms with Crippen LogP contribution in [0.25, 0.3) is 0 Å². The topological polar surface area (TPSA) is 23.5 Å². The highest BCUT2D eigenvalue weighted by molar-refractivity contribution is 5.36. The second-order valence-corrected chi connectivity index (χ2v) is 8.02. The number of alkyl halides is 3. The molecule has 2 saturated heterocycles. The van der Waals surface area contributed by atoms with E-state index in [9.17, 15) is 22.7 Å².